The Morgan fingerprint density at radius 1 is 1.09 bits per heavy atom. The van der Waals surface area contributed by atoms with Crippen LogP contribution in [0.2, 0.25) is 0 Å². The molecule has 1 N–H and O–H groups in total. The van der Waals surface area contributed by atoms with E-state index in [9.17, 15) is 14.9 Å². The highest BCUT2D eigenvalue weighted by atomic mass is 16.6. The molecule has 3 rings (SSSR count). The van der Waals surface area contributed by atoms with Crippen molar-refractivity contribution in [1.82, 2.24) is 20.0 Å². The van der Waals surface area contributed by atoms with E-state index in [0.717, 1.165) is 43.6 Å². The van der Waals surface area contributed by atoms with Crippen LogP contribution in [-0.4, -0.2) is 51.2 Å². The summed E-state index contributed by atoms with van der Waals surface area (Å²) in [6.07, 6.45) is 1.87. The van der Waals surface area contributed by atoms with Gasteiger partial charge >= 0.3 is 0 Å². The van der Waals surface area contributed by atoms with Crippen LogP contribution in [0.5, 0.6) is 0 Å². The Bertz CT molecular complexity index is 1170. The van der Waals surface area contributed by atoms with Crippen LogP contribution in [0.3, 0.4) is 0 Å². The zero-order valence-corrected chi connectivity index (χ0v) is 21.2. The summed E-state index contributed by atoms with van der Waals surface area (Å²) >= 11 is 0. The summed E-state index contributed by atoms with van der Waals surface area (Å²) in [4.78, 5) is 26.3. The number of rotatable bonds is 11. The quantitative estimate of drug-likeness (QED) is 0.299. The zero-order valence-electron chi connectivity index (χ0n) is 21.2. The lowest BCUT2D eigenvalue weighted by Gasteiger charge is -2.20. The van der Waals surface area contributed by atoms with Crippen molar-refractivity contribution in [2.24, 2.45) is 0 Å². The van der Waals surface area contributed by atoms with Crippen LogP contribution in [-0.2, 0) is 0 Å². The van der Waals surface area contributed by atoms with Gasteiger partial charge in [0.15, 0.2) is 0 Å². The van der Waals surface area contributed by atoms with E-state index < -0.39 is 4.92 Å². The van der Waals surface area contributed by atoms with E-state index in [1.165, 1.54) is 17.7 Å². The van der Waals surface area contributed by atoms with Crippen LogP contribution in [0, 0.1) is 24.0 Å². The van der Waals surface area contributed by atoms with E-state index in [1.807, 2.05) is 26.0 Å². The first-order chi connectivity index (χ1) is 16.7. The van der Waals surface area contributed by atoms with Gasteiger partial charge in [0.1, 0.15) is 5.69 Å². The van der Waals surface area contributed by atoms with E-state index in [4.69, 9.17) is 5.10 Å². The molecule has 0 bridgehead atoms. The first-order valence-electron chi connectivity index (χ1n) is 12.2. The Morgan fingerprint density at radius 3 is 2.37 bits per heavy atom. The van der Waals surface area contributed by atoms with Crippen LogP contribution < -0.4 is 5.32 Å². The Hall–Kier alpha value is -3.52. The molecule has 35 heavy (non-hydrogen) atoms. The van der Waals surface area contributed by atoms with Crippen LogP contribution in [0.4, 0.5) is 5.69 Å². The summed E-state index contributed by atoms with van der Waals surface area (Å²) in [6.45, 7) is 13.5. The maximum absolute atomic E-state index is 13.3. The molecule has 1 aromatic heterocycles. The summed E-state index contributed by atoms with van der Waals surface area (Å²) in [6, 6.07) is 13.9. The van der Waals surface area contributed by atoms with Crippen molar-refractivity contribution in [2.45, 2.75) is 53.5 Å². The fraction of sp³-hybridized carbons (Fsp3) is 0.407. The smallest absolute Gasteiger partial charge is 0.270 e. The van der Waals surface area contributed by atoms with Gasteiger partial charge in [-0.3, -0.25) is 14.9 Å². The Balaban J connectivity index is 1.87. The van der Waals surface area contributed by atoms with Gasteiger partial charge in [0.2, 0.25) is 0 Å². The number of nitro benzene ring substituents is 1. The molecule has 0 aliphatic carbocycles. The van der Waals surface area contributed by atoms with Gasteiger partial charge in [-0.1, -0.05) is 26.0 Å². The average molecular weight is 478 g/mol. The van der Waals surface area contributed by atoms with Crippen LogP contribution in [0.15, 0.2) is 48.5 Å². The molecule has 0 saturated heterocycles. The minimum Gasteiger partial charge on any atom is -0.348 e. The molecule has 1 atom stereocenters. The number of aromatic nitrogens is 2. The van der Waals surface area contributed by atoms with E-state index in [2.05, 4.69) is 37.1 Å². The van der Waals surface area contributed by atoms with Crippen molar-refractivity contribution in [1.29, 1.82) is 0 Å². The largest absolute Gasteiger partial charge is 0.348 e. The van der Waals surface area contributed by atoms with Crippen molar-refractivity contribution >= 4 is 11.6 Å². The van der Waals surface area contributed by atoms with Crippen LogP contribution >= 0.6 is 0 Å². The lowest BCUT2D eigenvalue weighted by atomic mass is 10.0. The average Bonchev–Trinajstić information content (AvgIpc) is 3.29. The van der Waals surface area contributed by atoms with Gasteiger partial charge in [0.05, 0.1) is 16.3 Å². The lowest BCUT2D eigenvalue weighted by molar-refractivity contribution is -0.384. The van der Waals surface area contributed by atoms with Crippen molar-refractivity contribution in [2.75, 3.05) is 19.6 Å². The molecular weight excluding hydrogens is 442 g/mol. The molecule has 186 valence electrons. The van der Waals surface area contributed by atoms with Crippen LogP contribution in [0.25, 0.3) is 16.9 Å². The number of aryl methyl sites for hydroxylation is 2. The third-order valence-corrected chi connectivity index (χ3v) is 6.43. The van der Waals surface area contributed by atoms with E-state index in [-0.39, 0.29) is 17.6 Å². The molecule has 2 aromatic carbocycles. The molecule has 0 fully saturated rings. The number of hydrogen-bond acceptors (Lipinski definition) is 5. The normalized spacial score (nSPS) is 12.1. The lowest BCUT2D eigenvalue weighted by Crippen LogP contribution is -2.34. The first-order valence-corrected chi connectivity index (χ1v) is 12.2. The second-order valence-electron chi connectivity index (χ2n) is 8.94. The standard InChI is InChI=1S/C27H35N5O3/c1-6-30(7-2)16-8-9-21(5)28-27(33)26-18-25(22-11-10-19(3)20(4)17-22)29-31(26)23-12-14-24(15-13-23)32(34)35/h10-15,17-18,21H,6-9,16H2,1-5H3,(H,28,33). The first kappa shape index (κ1) is 26.1. The van der Waals surface area contributed by atoms with Gasteiger partial charge in [0.25, 0.3) is 11.6 Å². The number of carbonyl (C=O) groups excluding carboxylic acids is 1. The molecule has 0 spiro atoms. The van der Waals surface area contributed by atoms with Crippen molar-refractivity contribution in [3.05, 3.63) is 75.5 Å². The topological polar surface area (TPSA) is 93.3 Å². The Labute approximate surface area is 207 Å². The van der Waals surface area contributed by atoms with E-state index >= 15 is 0 Å². The summed E-state index contributed by atoms with van der Waals surface area (Å²) < 4.78 is 1.56. The molecule has 0 radical (unpaired) electrons. The van der Waals surface area contributed by atoms with Crippen molar-refractivity contribution < 1.29 is 9.72 Å². The predicted molar refractivity (Wildman–Crippen MR) is 139 cm³/mol. The van der Waals surface area contributed by atoms with Crippen LogP contribution in [0.1, 0.15) is 55.2 Å². The summed E-state index contributed by atoms with van der Waals surface area (Å²) in [5.74, 6) is -0.221. The highest BCUT2D eigenvalue weighted by Crippen LogP contribution is 2.25. The molecule has 8 heteroatoms. The minimum atomic E-state index is -0.444. The second kappa shape index (κ2) is 11.8. The third-order valence-electron chi connectivity index (χ3n) is 6.43. The van der Waals surface area contributed by atoms with Gasteiger partial charge in [-0.2, -0.15) is 5.10 Å². The number of nitrogens with one attached hydrogen (secondary N) is 1. The van der Waals surface area contributed by atoms with E-state index in [0.29, 0.717) is 17.1 Å². The molecule has 0 aliphatic rings. The van der Waals surface area contributed by atoms with Crippen molar-refractivity contribution in [3.8, 4) is 16.9 Å². The molecule has 3 aromatic rings. The fourth-order valence-electron chi connectivity index (χ4n) is 4.03. The molecular formula is C27H35N5O3. The summed E-state index contributed by atoms with van der Waals surface area (Å²) in [7, 11) is 0. The fourth-order valence-corrected chi connectivity index (χ4v) is 4.03. The Morgan fingerprint density at radius 2 is 1.77 bits per heavy atom. The summed E-state index contributed by atoms with van der Waals surface area (Å²) in [5, 5.41) is 18.9. The number of carbonyl (C=O) groups is 1. The van der Waals surface area contributed by atoms with Gasteiger partial charge in [-0.05, 0) is 88.6 Å². The van der Waals surface area contributed by atoms with Gasteiger partial charge < -0.3 is 10.2 Å². The van der Waals surface area contributed by atoms with Gasteiger partial charge in [-0.25, -0.2) is 4.68 Å². The third kappa shape index (κ3) is 6.54. The number of benzene rings is 2. The number of hydrogen-bond donors (Lipinski definition) is 1. The predicted octanol–water partition coefficient (Wildman–Crippen LogP) is 5.30. The van der Waals surface area contributed by atoms with Crippen molar-refractivity contribution in [3.63, 3.8) is 0 Å². The monoisotopic (exact) mass is 477 g/mol. The number of nitro groups is 1. The molecule has 1 amide bonds. The molecule has 0 saturated carbocycles. The van der Waals surface area contributed by atoms with Gasteiger partial charge in [0, 0.05) is 23.7 Å². The zero-order chi connectivity index (χ0) is 25.5. The SMILES string of the molecule is CCN(CC)CCCC(C)NC(=O)c1cc(-c2ccc(C)c(C)c2)nn1-c1ccc([N+](=O)[O-])cc1. The molecule has 1 heterocycles. The molecule has 8 nitrogen and oxygen atoms in total. The maximum Gasteiger partial charge on any atom is 0.270 e. The highest BCUT2D eigenvalue weighted by Gasteiger charge is 2.20. The minimum absolute atomic E-state index is 0.00309. The molecule has 1 unspecified atom stereocenters. The molecule has 0 aliphatic heterocycles. The number of non-ortho nitro benzene ring substituents is 1. The number of nitrogens with zero attached hydrogens (tertiary/aromatic N) is 4. The summed E-state index contributed by atoms with van der Waals surface area (Å²) in [5.41, 5.74) is 4.87. The van der Waals surface area contributed by atoms with Gasteiger partial charge in [-0.15, -0.1) is 0 Å². The maximum atomic E-state index is 13.3. The highest BCUT2D eigenvalue weighted by molar-refractivity contribution is 5.94. The second-order valence-corrected chi connectivity index (χ2v) is 8.94. The Kier molecular flexibility index (Phi) is 8.76. The van der Waals surface area contributed by atoms with E-state index in [1.54, 1.807) is 22.9 Å². The number of amides is 1.